The van der Waals surface area contributed by atoms with E-state index in [1.807, 2.05) is 0 Å². The van der Waals surface area contributed by atoms with Crippen LogP contribution in [0.2, 0.25) is 0 Å². The number of hydrogen-bond donors (Lipinski definition) is 1. The zero-order chi connectivity index (χ0) is 16.1. The Kier molecular flexibility index (Phi) is 5.76. The molecule has 2 N–H and O–H groups in total. The molecule has 0 fully saturated rings. The van der Waals surface area contributed by atoms with Gasteiger partial charge in [-0.1, -0.05) is 11.8 Å². The Labute approximate surface area is 125 Å². The summed E-state index contributed by atoms with van der Waals surface area (Å²) >= 11 is 0. The van der Waals surface area contributed by atoms with E-state index in [1.54, 1.807) is 20.8 Å². The van der Waals surface area contributed by atoms with Crippen molar-refractivity contribution < 1.29 is 17.5 Å². The second kappa shape index (κ2) is 6.92. The van der Waals surface area contributed by atoms with Gasteiger partial charge >= 0.3 is 0 Å². The molecule has 1 rings (SSSR count). The SMILES string of the molecule is CC(C)(C)S(=O)(=O)CCOc1cc(F)ccc1C#CCN. The van der Waals surface area contributed by atoms with E-state index in [-0.39, 0.29) is 24.7 Å². The van der Waals surface area contributed by atoms with Crippen LogP contribution in [0.4, 0.5) is 4.39 Å². The fourth-order valence-electron chi connectivity index (χ4n) is 1.43. The Morgan fingerprint density at radius 2 is 2.00 bits per heavy atom. The van der Waals surface area contributed by atoms with Crippen LogP contribution < -0.4 is 10.5 Å². The second-order valence-electron chi connectivity index (χ2n) is 5.43. The Hall–Kier alpha value is -1.58. The summed E-state index contributed by atoms with van der Waals surface area (Å²) in [6.07, 6.45) is 0. The van der Waals surface area contributed by atoms with E-state index in [9.17, 15) is 12.8 Å². The van der Waals surface area contributed by atoms with Gasteiger partial charge in [0.2, 0.25) is 0 Å². The molecule has 1 aromatic rings. The van der Waals surface area contributed by atoms with Crippen LogP contribution in [-0.2, 0) is 9.84 Å². The van der Waals surface area contributed by atoms with Crippen LogP contribution in [0.5, 0.6) is 5.75 Å². The zero-order valence-electron chi connectivity index (χ0n) is 12.4. The van der Waals surface area contributed by atoms with Gasteiger partial charge in [0.05, 0.1) is 22.6 Å². The molecular formula is C15H20FNO3S. The number of ether oxygens (including phenoxy) is 1. The van der Waals surface area contributed by atoms with Crippen LogP contribution in [0, 0.1) is 17.7 Å². The maximum absolute atomic E-state index is 13.2. The van der Waals surface area contributed by atoms with Gasteiger partial charge in [0, 0.05) is 6.07 Å². The van der Waals surface area contributed by atoms with Crippen molar-refractivity contribution >= 4 is 9.84 Å². The molecule has 0 radical (unpaired) electrons. The zero-order valence-corrected chi connectivity index (χ0v) is 13.3. The van der Waals surface area contributed by atoms with E-state index in [1.165, 1.54) is 18.2 Å². The summed E-state index contributed by atoms with van der Waals surface area (Å²) in [5.41, 5.74) is 5.78. The summed E-state index contributed by atoms with van der Waals surface area (Å²) in [5, 5.41) is 0. The highest BCUT2D eigenvalue weighted by atomic mass is 32.2. The number of nitrogens with two attached hydrogens (primary N) is 1. The maximum atomic E-state index is 13.2. The van der Waals surface area contributed by atoms with Gasteiger partial charge in [-0.15, -0.1) is 0 Å². The Morgan fingerprint density at radius 3 is 2.57 bits per heavy atom. The number of hydrogen-bond acceptors (Lipinski definition) is 4. The summed E-state index contributed by atoms with van der Waals surface area (Å²) in [6, 6.07) is 3.93. The van der Waals surface area contributed by atoms with Gasteiger partial charge in [0.1, 0.15) is 18.2 Å². The minimum Gasteiger partial charge on any atom is -0.491 e. The fraction of sp³-hybridized carbons (Fsp3) is 0.467. The van der Waals surface area contributed by atoms with Gasteiger partial charge < -0.3 is 10.5 Å². The van der Waals surface area contributed by atoms with Crippen LogP contribution >= 0.6 is 0 Å². The lowest BCUT2D eigenvalue weighted by Gasteiger charge is -2.19. The quantitative estimate of drug-likeness (QED) is 0.860. The minimum absolute atomic E-state index is 0.0552. The fourth-order valence-corrected chi connectivity index (χ4v) is 2.35. The average Bonchev–Trinajstić information content (AvgIpc) is 2.36. The number of halogens is 1. The largest absolute Gasteiger partial charge is 0.491 e. The van der Waals surface area contributed by atoms with Crippen LogP contribution in [0.25, 0.3) is 0 Å². The molecule has 116 valence electrons. The predicted molar refractivity (Wildman–Crippen MR) is 81.4 cm³/mol. The first-order valence-electron chi connectivity index (χ1n) is 6.51. The summed E-state index contributed by atoms with van der Waals surface area (Å²) in [7, 11) is -3.28. The molecule has 0 saturated carbocycles. The normalized spacial score (nSPS) is 11.7. The third-order valence-electron chi connectivity index (χ3n) is 2.81. The van der Waals surface area contributed by atoms with Gasteiger partial charge in [-0.25, -0.2) is 12.8 Å². The molecule has 0 aromatic heterocycles. The summed E-state index contributed by atoms with van der Waals surface area (Å²) in [6.45, 7) is 5.00. The monoisotopic (exact) mass is 313 g/mol. The molecule has 6 heteroatoms. The lowest BCUT2D eigenvalue weighted by atomic mass is 10.2. The molecule has 0 saturated heterocycles. The van der Waals surface area contributed by atoms with Crippen molar-refractivity contribution in [2.45, 2.75) is 25.5 Å². The molecule has 4 nitrogen and oxygen atoms in total. The van der Waals surface area contributed by atoms with Crippen LogP contribution in [0.1, 0.15) is 26.3 Å². The van der Waals surface area contributed by atoms with Crippen LogP contribution in [0.3, 0.4) is 0 Å². The van der Waals surface area contributed by atoms with Crippen molar-refractivity contribution in [2.24, 2.45) is 5.73 Å². The topological polar surface area (TPSA) is 69.4 Å². The van der Waals surface area contributed by atoms with Crippen molar-refractivity contribution in [3.8, 4) is 17.6 Å². The van der Waals surface area contributed by atoms with Gasteiger partial charge in [-0.2, -0.15) is 0 Å². The first kappa shape index (κ1) is 17.5. The van der Waals surface area contributed by atoms with E-state index in [0.717, 1.165) is 0 Å². The maximum Gasteiger partial charge on any atom is 0.158 e. The lowest BCUT2D eigenvalue weighted by molar-refractivity contribution is 0.337. The van der Waals surface area contributed by atoms with E-state index < -0.39 is 20.4 Å². The number of benzene rings is 1. The number of sulfone groups is 1. The second-order valence-corrected chi connectivity index (χ2v) is 8.29. The van der Waals surface area contributed by atoms with Crippen molar-refractivity contribution in [1.82, 2.24) is 0 Å². The molecule has 0 aliphatic carbocycles. The molecule has 0 bridgehead atoms. The summed E-state index contributed by atoms with van der Waals surface area (Å²) < 4.78 is 41.7. The van der Waals surface area contributed by atoms with E-state index >= 15 is 0 Å². The Bertz CT molecular complexity index is 652. The lowest BCUT2D eigenvalue weighted by Crippen LogP contribution is -2.32. The molecular weight excluding hydrogens is 293 g/mol. The smallest absolute Gasteiger partial charge is 0.158 e. The summed E-state index contributed by atoms with van der Waals surface area (Å²) in [4.78, 5) is 0. The van der Waals surface area contributed by atoms with Crippen molar-refractivity contribution in [2.75, 3.05) is 18.9 Å². The van der Waals surface area contributed by atoms with Crippen LogP contribution in [0.15, 0.2) is 18.2 Å². The first-order valence-corrected chi connectivity index (χ1v) is 8.16. The molecule has 21 heavy (non-hydrogen) atoms. The molecule has 0 amide bonds. The van der Waals surface area contributed by atoms with Crippen LogP contribution in [-0.4, -0.2) is 32.1 Å². The van der Waals surface area contributed by atoms with Gasteiger partial charge in [-0.3, -0.25) is 0 Å². The van der Waals surface area contributed by atoms with Gasteiger partial charge in [-0.05, 0) is 32.9 Å². The van der Waals surface area contributed by atoms with E-state index in [0.29, 0.717) is 5.56 Å². The molecule has 0 heterocycles. The van der Waals surface area contributed by atoms with E-state index in [4.69, 9.17) is 10.5 Å². The third kappa shape index (κ3) is 5.03. The molecule has 0 unspecified atom stereocenters. The van der Waals surface area contributed by atoms with Gasteiger partial charge in [0.15, 0.2) is 9.84 Å². The standard InChI is InChI=1S/C15H20FNO3S/c1-15(2,3)21(18,19)10-9-20-14-11-13(16)7-6-12(14)5-4-8-17/h6-7,11H,8-10,17H2,1-3H3. The highest BCUT2D eigenvalue weighted by molar-refractivity contribution is 7.92. The summed E-state index contributed by atoms with van der Waals surface area (Å²) in [5.74, 6) is 5.02. The Morgan fingerprint density at radius 1 is 1.33 bits per heavy atom. The highest BCUT2D eigenvalue weighted by Crippen LogP contribution is 2.20. The molecule has 0 aliphatic heterocycles. The minimum atomic E-state index is -3.28. The van der Waals surface area contributed by atoms with Gasteiger partial charge in [0.25, 0.3) is 0 Å². The molecule has 0 atom stereocenters. The molecule has 1 aromatic carbocycles. The third-order valence-corrected chi connectivity index (χ3v) is 5.38. The van der Waals surface area contributed by atoms with Crippen molar-refractivity contribution in [1.29, 1.82) is 0 Å². The molecule has 0 aliphatic rings. The van der Waals surface area contributed by atoms with Crippen molar-refractivity contribution in [3.05, 3.63) is 29.6 Å². The molecule has 0 spiro atoms. The Balaban J connectivity index is 2.83. The van der Waals surface area contributed by atoms with E-state index in [2.05, 4.69) is 11.8 Å². The average molecular weight is 313 g/mol. The first-order chi connectivity index (χ1) is 9.67. The predicted octanol–water partition coefficient (Wildman–Crippen LogP) is 1.73. The number of rotatable bonds is 4. The highest BCUT2D eigenvalue weighted by Gasteiger charge is 2.28. The van der Waals surface area contributed by atoms with Crippen molar-refractivity contribution in [3.63, 3.8) is 0 Å².